The van der Waals surface area contributed by atoms with Gasteiger partial charge in [-0.2, -0.15) is 0 Å². The first kappa shape index (κ1) is 15.2. The summed E-state index contributed by atoms with van der Waals surface area (Å²) in [5.74, 6) is 1.10. The summed E-state index contributed by atoms with van der Waals surface area (Å²) >= 11 is 0. The Morgan fingerprint density at radius 2 is 1.20 bits per heavy atom. The summed E-state index contributed by atoms with van der Waals surface area (Å²) < 4.78 is 0. The Labute approximate surface area is 151 Å². The molecule has 1 heterocycles. The van der Waals surface area contributed by atoms with E-state index in [2.05, 4.69) is 80.4 Å². The molecule has 0 amide bonds. The Bertz CT molecular complexity index is 882. The molecule has 1 heteroatoms. The second-order valence-corrected chi connectivity index (χ2v) is 12.8. The molecule has 1 saturated heterocycles. The van der Waals surface area contributed by atoms with Crippen molar-refractivity contribution in [2.24, 2.45) is 0 Å². The highest BCUT2D eigenvalue weighted by molar-refractivity contribution is 6.92. The highest BCUT2D eigenvalue weighted by Gasteiger charge is 2.45. The SMILES string of the molecule is C=C1CC2C(=Cc3ccccc32)[Si](C)(C)C2=Cc3ccccc3C2C1. The third-order valence-corrected chi connectivity index (χ3v) is 10.4. The van der Waals surface area contributed by atoms with Crippen molar-refractivity contribution in [3.05, 3.63) is 93.3 Å². The van der Waals surface area contributed by atoms with Crippen LogP contribution in [0.3, 0.4) is 0 Å². The number of hydrogen-bond acceptors (Lipinski definition) is 0. The molecule has 2 atom stereocenters. The Morgan fingerprint density at radius 3 is 1.68 bits per heavy atom. The summed E-state index contributed by atoms with van der Waals surface area (Å²) in [6.07, 6.45) is 7.27. The van der Waals surface area contributed by atoms with Crippen LogP contribution in [0, 0.1) is 0 Å². The maximum atomic E-state index is 4.49. The first-order valence-electron chi connectivity index (χ1n) is 9.34. The molecule has 0 N–H and O–H groups in total. The lowest BCUT2D eigenvalue weighted by atomic mass is 9.87. The molecule has 0 bridgehead atoms. The van der Waals surface area contributed by atoms with Crippen LogP contribution in [0.15, 0.2) is 71.1 Å². The summed E-state index contributed by atoms with van der Waals surface area (Å²) in [4.78, 5) is 0. The molecule has 0 aromatic heterocycles. The molecule has 1 aliphatic heterocycles. The van der Waals surface area contributed by atoms with E-state index in [-0.39, 0.29) is 0 Å². The van der Waals surface area contributed by atoms with Gasteiger partial charge in [-0.25, -0.2) is 0 Å². The molecule has 1 fully saturated rings. The maximum Gasteiger partial charge on any atom is 0.104 e. The molecule has 3 aliphatic rings. The van der Waals surface area contributed by atoms with Crippen LogP contribution in [-0.2, 0) is 0 Å². The fourth-order valence-electron chi connectivity index (χ4n) is 5.29. The molecule has 2 unspecified atom stereocenters. The lowest BCUT2D eigenvalue weighted by Gasteiger charge is -2.38. The van der Waals surface area contributed by atoms with E-state index >= 15 is 0 Å². The first-order valence-corrected chi connectivity index (χ1v) is 12.3. The quantitative estimate of drug-likeness (QED) is 0.380. The summed E-state index contributed by atoms with van der Waals surface area (Å²) in [6.45, 7) is 9.62. The van der Waals surface area contributed by atoms with Crippen molar-refractivity contribution in [2.75, 3.05) is 0 Å². The first-order chi connectivity index (χ1) is 12.1. The van der Waals surface area contributed by atoms with Crippen molar-refractivity contribution in [2.45, 2.75) is 37.8 Å². The second-order valence-electron chi connectivity index (χ2n) is 8.35. The minimum Gasteiger partial charge on any atom is -0.0998 e. The van der Waals surface area contributed by atoms with Crippen LogP contribution in [0.2, 0.25) is 13.1 Å². The largest absolute Gasteiger partial charge is 0.104 e. The minimum atomic E-state index is -1.68. The van der Waals surface area contributed by atoms with Gasteiger partial charge in [0.25, 0.3) is 0 Å². The van der Waals surface area contributed by atoms with E-state index in [9.17, 15) is 0 Å². The van der Waals surface area contributed by atoms with Crippen LogP contribution in [0.1, 0.15) is 46.9 Å². The van der Waals surface area contributed by atoms with Gasteiger partial charge in [0.05, 0.1) is 0 Å². The van der Waals surface area contributed by atoms with Crippen LogP contribution in [0.5, 0.6) is 0 Å². The van der Waals surface area contributed by atoms with Crippen molar-refractivity contribution < 1.29 is 0 Å². The van der Waals surface area contributed by atoms with Crippen molar-refractivity contribution in [3.8, 4) is 0 Å². The Balaban J connectivity index is 1.69. The summed E-state index contributed by atoms with van der Waals surface area (Å²) in [7, 11) is -1.68. The average Bonchev–Trinajstić information content (AvgIpc) is 3.14. The predicted molar refractivity (Wildman–Crippen MR) is 110 cm³/mol. The highest BCUT2D eigenvalue weighted by Crippen LogP contribution is 2.54. The van der Waals surface area contributed by atoms with Crippen LogP contribution in [0.25, 0.3) is 12.2 Å². The molecule has 124 valence electrons. The zero-order chi connectivity index (χ0) is 17.2. The van der Waals surface area contributed by atoms with E-state index in [0.717, 1.165) is 12.8 Å². The number of rotatable bonds is 0. The fraction of sp³-hybridized carbons (Fsp3) is 0.250. The predicted octanol–water partition coefficient (Wildman–Crippen LogP) is 6.48. The molecular formula is C24H24Si. The maximum absolute atomic E-state index is 4.49. The third-order valence-electron chi connectivity index (χ3n) is 6.54. The van der Waals surface area contributed by atoms with Crippen molar-refractivity contribution in [1.82, 2.24) is 0 Å². The number of fused-ring (bicyclic) bond motifs is 6. The fourth-order valence-corrected chi connectivity index (χ4v) is 8.91. The van der Waals surface area contributed by atoms with Gasteiger partial charge in [0.15, 0.2) is 0 Å². The molecule has 0 nitrogen and oxygen atoms in total. The standard InChI is InChI=1S/C24H24Si/c1-16-12-21-19-10-6-4-8-17(19)14-23(21)25(2,3)24-15-18-9-5-7-11-20(18)22(24)13-16/h4-11,14-15,21-22H,1,12-13H2,2-3H3. The third kappa shape index (κ3) is 2.12. The van der Waals surface area contributed by atoms with E-state index in [0.29, 0.717) is 11.8 Å². The molecule has 0 spiro atoms. The van der Waals surface area contributed by atoms with E-state index in [1.165, 1.54) is 27.8 Å². The number of allylic oxidation sites excluding steroid dienone is 3. The van der Waals surface area contributed by atoms with Gasteiger partial charge in [0.2, 0.25) is 0 Å². The van der Waals surface area contributed by atoms with E-state index in [4.69, 9.17) is 0 Å². The average molecular weight is 341 g/mol. The minimum absolute atomic E-state index is 0.552. The van der Waals surface area contributed by atoms with Crippen molar-refractivity contribution in [1.29, 1.82) is 0 Å². The highest BCUT2D eigenvalue weighted by atomic mass is 28.3. The van der Waals surface area contributed by atoms with Gasteiger partial charge in [-0.15, -0.1) is 0 Å². The van der Waals surface area contributed by atoms with Crippen molar-refractivity contribution in [3.63, 3.8) is 0 Å². The van der Waals surface area contributed by atoms with E-state index in [1.54, 1.807) is 10.4 Å². The van der Waals surface area contributed by atoms with Gasteiger partial charge in [-0.05, 0) is 35.1 Å². The second kappa shape index (κ2) is 5.19. The molecule has 5 rings (SSSR count). The molecule has 2 aromatic rings. The van der Waals surface area contributed by atoms with Crippen LogP contribution in [-0.4, -0.2) is 8.07 Å². The van der Waals surface area contributed by atoms with Gasteiger partial charge in [-0.1, -0.05) is 96.3 Å². The smallest absolute Gasteiger partial charge is 0.0998 e. The molecular weight excluding hydrogens is 316 g/mol. The number of benzene rings is 2. The topological polar surface area (TPSA) is 0 Å². The van der Waals surface area contributed by atoms with Gasteiger partial charge < -0.3 is 0 Å². The Kier molecular flexibility index (Phi) is 3.14. The summed E-state index contributed by atoms with van der Waals surface area (Å²) in [5, 5.41) is 3.41. The van der Waals surface area contributed by atoms with Gasteiger partial charge in [0, 0.05) is 11.8 Å². The number of hydrogen-bond donors (Lipinski definition) is 0. The van der Waals surface area contributed by atoms with Crippen LogP contribution in [0.4, 0.5) is 0 Å². The zero-order valence-corrected chi connectivity index (χ0v) is 16.0. The van der Waals surface area contributed by atoms with E-state index in [1.807, 2.05) is 0 Å². The van der Waals surface area contributed by atoms with Gasteiger partial charge in [-0.3, -0.25) is 0 Å². The molecule has 25 heavy (non-hydrogen) atoms. The Morgan fingerprint density at radius 1 is 0.760 bits per heavy atom. The lowest BCUT2D eigenvalue weighted by molar-refractivity contribution is 0.717. The molecule has 0 saturated carbocycles. The monoisotopic (exact) mass is 340 g/mol. The van der Waals surface area contributed by atoms with Gasteiger partial charge >= 0.3 is 0 Å². The van der Waals surface area contributed by atoms with Crippen molar-refractivity contribution >= 4 is 20.2 Å². The molecule has 2 aliphatic carbocycles. The van der Waals surface area contributed by atoms with Crippen LogP contribution < -0.4 is 0 Å². The lowest BCUT2D eigenvalue weighted by Crippen LogP contribution is -2.37. The zero-order valence-electron chi connectivity index (χ0n) is 15.0. The summed E-state index contributed by atoms with van der Waals surface area (Å²) in [6, 6.07) is 18.0. The Hall–Kier alpha value is -2.12. The summed E-state index contributed by atoms with van der Waals surface area (Å²) in [5.41, 5.74) is 7.32. The van der Waals surface area contributed by atoms with Gasteiger partial charge in [0.1, 0.15) is 8.07 Å². The van der Waals surface area contributed by atoms with Crippen LogP contribution >= 0.6 is 0 Å². The normalized spacial score (nSPS) is 25.8. The molecule has 0 radical (unpaired) electrons. The molecule has 2 aromatic carbocycles. The van der Waals surface area contributed by atoms with E-state index < -0.39 is 8.07 Å².